The Labute approximate surface area is 91.6 Å². The van der Waals surface area contributed by atoms with E-state index in [2.05, 4.69) is 15.5 Å². The summed E-state index contributed by atoms with van der Waals surface area (Å²) in [7, 11) is 1.60. The molecular formula is C8H13N5OS. The average Bonchev–Trinajstić information content (AvgIpc) is 3.01. The Bertz CT molecular complexity index is 373. The van der Waals surface area contributed by atoms with Gasteiger partial charge in [-0.25, -0.2) is 4.68 Å². The van der Waals surface area contributed by atoms with E-state index in [-0.39, 0.29) is 5.91 Å². The largest absolute Gasteiger partial charge is 0.358 e. The zero-order chi connectivity index (χ0) is 10.8. The highest BCUT2D eigenvalue weighted by Crippen LogP contribution is 2.39. The number of amides is 1. The summed E-state index contributed by atoms with van der Waals surface area (Å²) in [6, 6.07) is 0. The summed E-state index contributed by atoms with van der Waals surface area (Å²) in [6.07, 6.45) is 2.27. The second kappa shape index (κ2) is 4.09. The fourth-order valence-electron chi connectivity index (χ4n) is 1.21. The summed E-state index contributed by atoms with van der Waals surface area (Å²) in [5, 5.41) is 11.1. The second-order valence-electron chi connectivity index (χ2n) is 3.45. The van der Waals surface area contributed by atoms with Gasteiger partial charge in [-0.05, 0) is 12.8 Å². The van der Waals surface area contributed by atoms with Gasteiger partial charge in [0.1, 0.15) is 0 Å². The number of aromatic nitrogens is 3. The highest BCUT2D eigenvalue weighted by molar-refractivity contribution is 7.99. The first-order valence-electron chi connectivity index (χ1n) is 4.76. The number of nitrogens with one attached hydrogen (secondary N) is 1. The Morgan fingerprint density at radius 2 is 2.40 bits per heavy atom. The van der Waals surface area contributed by atoms with E-state index in [4.69, 9.17) is 5.84 Å². The first-order chi connectivity index (χ1) is 7.22. The molecule has 0 saturated heterocycles. The zero-order valence-corrected chi connectivity index (χ0v) is 9.25. The number of nitrogens with zero attached hydrogens (tertiary/aromatic N) is 3. The number of nitrogen functional groups attached to an aromatic ring is 1. The van der Waals surface area contributed by atoms with Crippen LogP contribution in [0.4, 0.5) is 0 Å². The summed E-state index contributed by atoms with van der Waals surface area (Å²) >= 11 is 1.30. The van der Waals surface area contributed by atoms with Gasteiger partial charge in [0.2, 0.25) is 11.1 Å². The minimum absolute atomic E-state index is 0.0454. The molecule has 3 N–H and O–H groups in total. The first-order valence-corrected chi connectivity index (χ1v) is 5.74. The maximum Gasteiger partial charge on any atom is 0.230 e. The molecule has 1 saturated carbocycles. The maximum absolute atomic E-state index is 11.0. The monoisotopic (exact) mass is 227 g/mol. The number of hydrogen-bond donors (Lipinski definition) is 2. The Kier molecular flexibility index (Phi) is 2.81. The molecule has 1 aliphatic rings. The van der Waals surface area contributed by atoms with Crippen molar-refractivity contribution in [3.8, 4) is 0 Å². The van der Waals surface area contributed by atoms with Crippen molar-refractivity contribution >= 4 is 17.7 Å². The van der Waals surface area contributed by atoms with Crippen molar-refractivity contribution < 1.29 is 4.79 Å². The van der Waals surface area contributed by atoms with Gasteiger partial charge in [0.15, 0.2) is 5.82 Å². The third kappa shape index (κ3) is 2.23. The van der Waals surface area contributed by atoms with Crippen LogP contribution in [0.2, 0.25) is 0 Å². The number of carbonyl (C=O) groups is 1. The van der Waals surface area contributed by atoms with E-state index in [0.29, 0.717) is 16.8 Å². The van der Waals surface area contributed by atoms with Crippen LogP contribution in [0.3, 0.4) is 0 Å². The molecule has 2 rings (SSSR count). The van der Waals surface area contributed by atoms with Gasteiger partial charge in [-0.15, -0.1) is 10.2 Å². The molecule has 1 aliphatic carbocycles. The fraction of sp³-hybridized carbons (Fsp3) is 0.625. The minimum atomic E-state index is -0.0454. The first kappa shape index (κ1) is 10.3. The van der Waals surface area contributed by atoms with E-state index < -0.39 is 0 Å². The molecule has 0 spiro atoms. The molecule has 1 aromatic rings. The molecule has 6 nitrogen and oxygen atoms in total. The molecule has 0 atom stereocenters. The maximum atomic E-state index is 11.0. The Balaban J connectivity index is 1.99. The van der Waals surface area contributed by atoms with Gasteiger partial charge in [-0.1, -0.05) is 11.8 Å². The number of thioether (sulfide) groups is 1. The quantitative estimate of drug-likeness (QED) is 0.545. The van der Waals surface area contributed by atoms with Gasteiger partial charge in [-0.3, -0.25) is 4.79 Å². The summed E-state index contributed by atoms with van der Waals surface area (Å²) < 4.78 is 1.49. The molecular weight excluding hydrogens is 214 g/mol. The molecule has 0 aliphatic heterocycles. The van der Waals surface area contributed by atoms with E-state index in [1.54, 1.807) is 7.05 Å². The van der Waals surface area contributed by atoms with Crippen molar-refractivity contribution in [2.75, 3.05) is 18.6 Å². The lowest BCUT2D eigenvalue weighted by Gasteiger charge is -2.01. The molecule has 1 fully saturated rings. The van der Waals surface area contributed by atoms with Gasteiger partial charge >= 0.3 is 0 Å². The molecule has 0 unspecified atom stereocenters. The van der Waals surface area contributed by atoms with Crippen LogP contribution in [0.1, 0.15) is 24.6 Å². The van der Waals surface area contributed by atoms with E-state index in [9.17, 15) is 4.79 Å². The van der Waals surface area contributed by atoms with Gasteiger partial charge in [0.05, 0.1) is 5.75 Å². The lowest BCUT2D eigenvalue weighted by molar-refractivity contribution is -0.118. The number of hydrogen-bond acceptors (Lipinski definition) is 5. The second-order valence-corrected chi connectivity index (χ2v) is 4.39. The Morgan fingerprint density at radius 3 is 3.00 bits per heavy atom. The molecule has 82 valence electrons. The van der Waals surface area contributed by atoms with Crippen LogP contribution >= 0.6 is 11.8 Å². The van der Waals surface area contributed by atoms with Crippen LogP contribution in [0.5, 0.6) is 0 Å². The molecule has 0 aromatic carbocycles. The minimum Gasteiger partial charge on any atom is -0.358 e. The smallest absolute Gasteiger partial charge is 0.230 e. The van der Waals surface area contributed by atoms with Crippen molar-refractivity contribution in [2.24, 2.45) is 0 Å². The third-order valence-electron chi connectivity index (χ3n) is 2.24. The average molecular weight is 227 g/mol. The SMILES string of the molecule is CNC(=O)CSc1nnc(C2CC2)n1N. The van der Waals surface area contributed by atoms with Crippen LogP contribution in [-0.4, -0.2) is 33.6 Å². The summed E-state index contributed by atoms with van der Waals surface area (Å²) in [5.41, 5.74) is 0. The summed E-state index contributed by atoms with van der Waals surface area (Å²) in [4.78, 5) is 11.0. The highest BCUT2D eigenvalue weighted by atomic mass is 32.2. The van der Waals surface area contributed by atoms with E-state index in [1.807, 2.05) is 0 Å². The fourth-order valence-corrected chi connectivity index (χ4v) is 1.94. The van der Waals surface area contributed by atoms with Crippen molar-refractivity contribution in [1.29, 1.82) is 0 Å². The van der Waals surface area contributed by atoms with Gasteiger partial charge in [0.25, 0.3) is 0 Å². The summed E-state index contributed by atoms with van der Waals surface area (Å²) in [6.45, 7) is 0. The normalized spacial score (nSPS) is 15.3. The van der Waals surface area contributed by atoms with Crippen LogP contribution in [0.15, 0.2) is 5.16 Å². The van der Waals surface area contributed by atoms with Gasteiger partial charge < -0.3 is 11.2 Å². The molecule has 0 radical (unpaired) electrons. The molecule has 1 amide bonds. The number of rotatable bonds is 4. The molecule has 15 heavy (non-hydrogen) atoms. The van der Waals surface area contributed by atoms with Gasteiger partial charge in [0, 0.05) is 13.0 Å². The van der Waals surface area contributed by atoms with Crippen LogP contribution < -0.4 is 11.2 Å². The van der Waals surface area contributed by atoms with Crippen molar-refractivity contribution in [3.63, 3.8) is 0 Å². The van der Waals surface area contributed by atoms with Crippen molar-refractivity contribution in [1.82, 2.24) is 20.2 Å². The Hall–Kier alpha value is -1.24. The lowest BCUT2D eigenvalue weighted by Crippen LogP contribution is -2.21. The third-order valence-corrected chi connectivity index (χ3v) is 3.19. The number of nitrogens with two attached hydrogens (primary N) is 1. The van der Waals surface area contributed by atoms with Crippen LogP contribution in [0, 0.1) is 0 Å². The molecule has 0 bridgehead atoms. The van der Waals surface area contributed by atoms with Crippen molar-refractivity contribution in [2.45, 2.75) is 23.9 Å². The van der Waals surface area contributed by atoms with Gasteiger partial charge in [-0.2, -0.15) is 0 Å². The Morgan fingerprint density at radius 1 is 1.67 bits per heavy atom. The lowest BCUT2D eigenvalue weighted by atomic mass is 10.4. The molecule has 7 heteroatoms. The topological polar surface area (TPSA) is 85.8 Å². The molecule has 1 aromatic heterocycles. The van der Waals surface area contributed by atoms with Crippen LogP contribution in [0.25, 0.3) is 0 Å². The van der Waals surface area contributed by atoms with E-state index in [0.717, 1.165) is 18.7 Å². The highest BCUT2D eigenvalue weighted by Gasteiger charge is 2.29. The predicted molar refractivity (Wildman–Crippen MR) is 56.9 cm³/mol. The van der Waals surface area contributed by atoms with Crippen LogP contribution in [-0.2, 0) is 4.79 Å². The van der Waals surface area contributed by atoms with E-state index in [1.165, 1.54) is 16.4 Å². The van der Waals surface area contributed by atoms with Crippen molar-refractivity contribution in [3.05, 3.63) is 5.82 Å². The summed E-state index contributed by atoms with van der Waals surface area (Å²) in [5.74, 6) is 7.38. The zero-order valence-electron chi connectivity index (χ0n) is 8.43. The van der Waals surface area contributed by atoms with E-state index >= 15 is 0 Å². The predicted octanol–water partition coefficient (Wildman–Crippen LogP) is -0.293. The number of carbonyl (C=O) groups excluding carboxylic acids is 1. The standard InChI is InChI=1S/C8H13N5OS/c1-10-6(14)4-15-8-12-11-7(13(8)9)5-2-3-5/h5H,2-4,9H2,1H3,(H,10,14). The molecule has 1 heterocycles.